The van der Waals surface area contributed by atoms with Crippen LogP contribution in [-0.4, -0.2) is 38.3 Å². The summed E-state index contributed by atoms with van der Waals surface area (Å²) in [7, 11) is 1.59. The van der Waals surface area contributed by atoms with Crippen molar-refractivity contribution in [3.8, 4) is 0 Å². The first-order valence-electron chi connectivity index (χ1n) is 9.50. The zero-order valence-corrected chi connectivity index (χ0v) is 16.6. The average Bonchev–Trinajstić information content (AvgIpc) is 2.61. The van der Waals surface area contributed by atoms with Crippen LogP contribution < -0.4 is 11.1 Å². The second kappa shape index (κ2) is 10.4. The van der Waals surface area contributed by atoms with E-state index in [1.807, 2.05) is 0 Å². The van der Waals surface area contributed by atoms with Gasteiger partial charge in [-0.3, -0.25) is 4.79 Å². The van der Waals surface area contributed by atoms with Crippen molar-refractivity contribution in [2.24, 2.45) is 17.6 Å². The minimum Gasteiger partial charge on any atom is -0.382 e. The number of hydrogen-bond acceptors (Lipinski definition) is 4. The summed E-state index contributed by atoms with van der Waals surface area (Å²) in [5, 5.41) is 3.20. The molecule has 1 aromatic carbocycles. The van der Waals surface area contributed by atoms with E-state index in [0.29, 0.717) is 36.2 Å². The first kappa shape index (κ1) is 22.1. The lowest BCUT2D eigenvalue weighted by molar-refractivity contribution is 0.0603. The Labute approximate surface area is 166 Å². The first-order chi connectivity index (χ1) is 12.6. The maximum absolute atomic E-state index is 14.0. The molecule has 3 rings (SSSR count). The van der Waals surface area contributed by atoms with Gasteiger partial charge >= 0.3 is 0 Å². The normalized spacial score (nSPS) is 26.9. The van der Waals surface area contributed by atoms with Crippen molar-refractivity contribution in [2.75, 3.05) is 20.3 Å². The molecule has 2 aliphatic carbocycles. The molecule has 2 aliphatic rings. The standard InChI is InChI=1S/C20H29FN2O3.ClH/c1-25-7-8-26-12-16-9-15(5-6-18(16)21)20(24)23-19-13-3-2-4-14(19)11-17(22)10-13;/h5-6,9,13-14,17,19H,2-4,7-8,10-12,22H2,1H3,(H,23,24);1H. The molecule has 0 aromatic heterocycles. The lowest BCUT2D eigenvalue weighted by Crippen LogP contribution is -2.53. The van der Waals surface area contributed by atoms with Gasteiger partial charge in [0.15, 0.2) is 0 Å². The molecule has 3 N–H and O–H groups in total. The van der Waals surface area contributed by atoms with Gasteiger partial charge in [0.05, 0.1) is 19.8 Å². The highest BCUT2D eigenvalue weighted by Gasteiger charge is 2.39. The highest BCUT2D eigenvalue weighted by atomic mass is 35.5. The van der Waals surface area contributed by atoms with Crippen LogP contribution in [0.2, 0.25) is 0 Å². The number of carbonyl (C=O) groups is 1. The molecular formula is C20H30ClFN2O3. The van der Waals surface area contributed by atoms with Gasteiger partial charge in [0.2, 0.25) is 0 Å². The summed E-state index contributed by atoms with van der Waals surface area (Å²) in [4.78, 5) is 12.7. The SMILES string of the molecule is COCCOCc1cc(C(=O)NC2C3CCCC2CC(N)C3)ccc1F.Cl. The Hall–Kier alpha value is -1.21. The Bertz CT molecular complexity index is 617. The Kier molecular flexibility index (Phi) is 8.48. The van der Waals surface area contributed by atoms with Gasteiger partial charge in [-0.05, 0) is 55.7 Å². The molecule has 2 atom stereocenters. The van der Waals surface area contributed by atoms with Crippen LogP contribution in [0.3, 0.4) is 0 Å². The van der Waals surface area contributed by atoms with Crippen LogP contribution in [0.25, 0.3) is 0 Å². The third kappa shape index (κ3) is 5.64. The zero-order valence-electron chi connectivity index (χ0n) is 15.8. The van der Waals surface area contributed by atoms with E-state index in [9.17, 15) is 9.18 Å². The summed E-state index contributed by atoms with van der Waals surface area (Å²) < 4.78 is 24.3. The average molecular weight is 401 g/mol. The highest BCUT2D eigenvalue weighted by molar-refractivity contribution is 5.94. The van der Waals surface area contributed by atoms with Crippen LogP contribution in [0, 0.1) is 17.7 Å². The molecule has 152 valence electrons. The summed E-state index contributed by atoms with van der Waals surface area (Å²) >= 11 is 0. The molecule has 1 aromatic rings. The van der Waals surface area contributed by atoms with Crippen molar-refractivity contribution in [3.05, 3.63) is 35.1 Å². The molecule has 27 heavy (non-hydrogen) atoms. The highest BCUT2D eigenvalue weighted by Crippen LogP contribution is 2.39. The van der Waals surface area contributed by atoms with E-state index >= 15 is 0 Å². The molecule has 0 spiro atoms. The summed E-state index contributed by atoms with van der Waals surface area (Å²) in [5.74, 6) is 0.414. The molecule has 2 fully saturated rings. The number of nitrogens with two attached hydrogens (primary N) is 1. The molecule has 1 amide bonds. The van der Waals surface area contributed by atoms with E-state index in [2.05, 4.69) is 5.32 Å². The van der Waals surface area contributed by atoms with Crippen LogP contribution in [0.15, 0.2) is 18.2 Å². The third-order valence-corrected chi connectivity index (χ3v) is 5.67. The van der Waals surface area contributed by atoms with Gasteiger partial charge in [0.1, 0.15) is 5.82 Å². The number of carbonyl (C=O) groups excluding carboxylic acids is 1. The fourth-order valence-electron chi connectivity index (χ4n) is 4.41. The smallest absolute Gasteiger partial charge is 0.251 e. The van der Waals surface area contributed by atoms with Crippen LogP contribution in [0.1, 0.15) is 48.0 Å². The van der Waals surface area contributed by atoms with Crippen LogP contribution in [0.5, 0.6) is 0 Å². The molecule has 5 nitrogen and oxygen atoms in total. The van der Waals surface area contributed by atoms with Gasteiger partial charge in [0, 0.05) is 30.3 Å². The summed E-state index contributed by atoms with van der Waals surface area (Å²) in [6, 6.07) is 4.89. The number of amides is 1. The summed E-state index contributed by atoms with van der Waals surface area (Å²) in [6.07, 6.45) is 5.41. The van der Waals surface area contributed by atoms with Gasteiger partial charge in [-0.1, -0.05) is 6.42 Å². The van der Waals surface area contributed by atoms with E-state index in [1.54, 1.807) is 13.2 Å². The van der Waals surface area contributed by atoms with Crippen LogP contribution in [0.4, 0.5) is 4.39 Å². The molecule has 7 heteroatoms. The van der Waals surface area contributed by atoms with Crippen LogP contribution >= 0.6 is 12.4 Å². The largest absolute Gasteiger partial charge is 0.382 e. The quantitative estimate of drug-likeness (QED) is 0.690. The number of halogens is 2. The van der Waals surface area contributed by atoms with Crippen molar-refractivity contribution in [1.82, 2.24) is 5.32 Å². The molecule has 0 saturated heterocycles. The van der Waals surface area contributed by atoms with Gasteiger partial charge in [-0.25, -0.2) is 4.39 Å². The maximum Gasteiger partial charge on any atom is 0.251 e. The number of fused-ring (bicyclic) bond motifs is 2. The Morgan fingerprint density at radius 3 is 2.63 bits per heavy atom. The number of benzene rings is 1. The molecular weight excluding hydrogens is 371 g/mol. The number of nitrogens with one attached hydrogen (secondary N) is 1. The van der Waals surface area contributed by atoms with Gasteiger partial charge in [0.25, 0.3) is 5.91 Å². The predicted octanol–water partition coefficient (Wildman–Crippen LogP) is 3.05. The number of ether oxygens (including phenoxy) is 2. The second-order valence-corrected chi connectivity index (χ2v) is 7.53. The fraction of sp³-hybridized carbons (Fsp3) is 0.650. The Balaban J connectivity index is 0.00000261. The van der Waals surface area contributed by atoms with Crippen molar-refractivity contribution in [1.29, 1.82) is 0 Å². The lowest BCUT2D eigenvalue weighted by atomic mass is 9.67. The summed E-state index contributed by atoms with van der Waals surface area (Å²) in [5.41, 5.74) is 7.02. The Morgan fingerprint density at radius 2 is 1.96 bits per heavy atom. The molecule has 0 aliphatic heterocycles. The number of hydrogen-bond donors (Lipinski definition) is 2. The number of methoxy groups -OCH3 is 1. The summed E-state index contributed by atoms with van der Waals surface area (Å²) in [6.45, 7) is 0.965. The second-order valence-electron chi connectivity index (χ2n) is 7.53. The van der Waals surface area contributed by atoms with Crippen molar-refractivity contribution >= 4 is 18.3 Å². The van der Waals surface area contributed by atoms with Crippen molar-refractivity contribution in [2.45, 2.75) is 50.8 Å². The van der Waals surface area contributed by atoms with Crippen LogP contribution in [-0.2, 0) is 16.1 Å². The fourth-order valence-corrected chi connectivity index (χ4v) is 4.41. The van der Waals surface area contributed by atoms with Crippen molar-refractivity contribution in [3.63, 3.8) is 0 Å². The van der Waals surface area contributed by atoms with E-state index in [4.69, 9.17) is 15.2 Å². The van der Waals surface area contributed by atoms with Gasteiger partial charge < -0.3 is 20.5 Å². The van der Waals surface area contributed by atoms with Gasteiger partial charge in [-0.15, -0.1) is 12.4 Å². The minimum atomic E-state index is -0.362. The molecule has 0 radical (unpaired) electrons. The van der Waals surface area contributed by atoms with E-state index in [0.717, 1.165) is 25.7 Å². The number of rotatable bonds is 7. The monoisotopic (exact) mass is 400 g/mol. The molecule has 2 saturated carbocycles. The minimum absolute atomic E-state index is 0. The van der Waals surface area contributed by atoms with Gasteiger partial charge in [-0.2, -0.15) is 0 Å². The topological polar surface area (TPSA) is 73.6 Å². The van der Waals surface area contributed by atoms with Crippen molar-refractivity contribution < 1.29 is 18.7 Å². The lowest BCUT2D eigenvalue weighted by Gasteiger charge is -2.45. The molecule has 2 unspecified atom stereocenters. The third-order valence-electron chi connectivity index (χ3n) is 5.67. The molecule has 2 bridgehead atoms. The zero-order chi connectivity index (χ0) is 18.5. The van der Waals surface area contributed by atoms with E-state index in [1.165, 1.54) is 18.6 Å². The Morgan fingerprint density at radius 1 is 1.26 bits per heavy atom. The predicted molar refractivity (Wildman–Crippen MR) is 104 cm³/mol. The van der Waals surface area contributed by atoms with E-state index < -0.39 is 0 Å². The van der Waals surface area contributed by atoms with E-state index in [-0.39, 0.29) is 42.8 Å². The first-order valence-corrected chi connectivity index (χ1v) is 9.50. The maximum atomic E-state index is 14.0. The molecule has 0 heterocycles.